The van der Waals surface area contributed by atoms with Crippen molar-refractivity contribution in [1.82, 2.24) is 29.2 Å². The summed E-state index contributed by atoms with van der Waals surface area (Å²) in [6.07, 6.45) is -2.75. The van der Waals surface area contributed by atoms with Crippen LogP contribution < -0.4 is 5.56 Å². The fraction of sp³-hybridized carbons (Fsp3) is 0.306. The minimum absolute atomic E-state index is 0.113. The standard InChI is InChI=1S/C36H34F4N6O3S/c1-3-49-35(48)44(2)20-31-42-43-32(46(31)19-23-7-11-25(12-8-23)26-13-15-27(16-14-26)36(38,39)40)21-45-30-6-4-5-29(30)33(47)41-34(45)50-22-24-9-17-28(37)18-10-24/h7-18H,3-6,19-22H2,1-2H3. The van der Waals surface area contributed by atoms with Gasteiger partial charge in [0.1, 0.15) is 5.82 Å². The molecule has 0 fully saturated rings. The molecule has 0 unspecified atom stereocenters. The number of carbonyl (C=O) groups excluding carboxylic acids is 1. The number of hydrogen-bond acceptors (Lipinski definition) is 7. The number of carbonyl (C=O) groups is 1. The molecule has 1 amide bonds. The highest BCUT2D eigenvalue weighted by atomic mass is 32.2. The molecule has 14 heteroatoms. The molecule has 0 bridgehead atoms. The van der Waals surface area contributed by atoms with Gasteiger partial charge >= 0.3 is 12.3 Å². The maximum absolute atomic E-state index is 13.5. The highest BCUT2D eigenvalue weighted by Gasteiger charge is 2.30. The molecular weight excluding hydrogens is 672 g/mol. The van der Waals surface area contributed by atoms with Crippen LogP contribution >= 0.6 is 11.8 Å². The van der Waals surface area contributed by atoms with Crippen LogP contribution in [0, 0.1) is 5.82 Å². The highest BCUT2D eigenvalue weighted by Crippen LogP contribution is 2.31. The minimum Gasteiger partial charge on any atom is -0.450 e. The molecule has 0 saturated heterocycles. The average Bonchev–Trinajstić information content (AvgIpc) is 3.74. The third-order valence-electron chi connectivity index (χ3n) is 8.48. The van der Waals surface area contributed by atoms with E-state index in [1.807, 2.05) is 33.4 Å². The molecule has 0 spiro atoms. The van der Waals surface area contributed by atoms with Crippen LogP contribution in [-0.4, -0.2) is 49.0 Å². The number of rotatable bonds is 11. The normalized spacial score (nSPS) is 12.6. The first-order valence-electron chi connectivity index (χ1n) is 16.1. The van der Waals surface area contributed by atoms with Crippen molar-refractivity contribution in [2.24, 2.45) is 0 Å². The minimum atomic E-state index is -4.41. The molecule has 0 N–H and O–H groups in total. The second kappa shape index (κ2) is 14.9. The largest absolute Gasteiger partial charge is 0.450 e. The average molecular weight is 707 g/mol. The Morgan fingerprint density at radius 3 is 2.18 bits per heavy atom. The van der Waals surface area contributed by atoms with E-state index >= 15 is 0 Å². The zero-order valence-electron chi connectivity index (χ0n) is 27.4. The number of alkyl halides is 3. The third-order valence-corrected chi connectivity index (χ3v) is 9.53. The van der Waals surface area contributed by atoms with E-state index < -0.39 is 17.8 Å². The Morgan fingerprint density at radius 1 is 0.880 bits per heavy atom. The second-order valence-corrected chi connectivity index (χ2v) is 12.9. The molecule has 1 aliphatic carbocycles. The van der Waals surface area contributed by atoms with E-state index in [0.717, 1.165) is 40.9 Å². The highest BCUT2D eigenvalue weighted by molar-refractivity contribution is 7.98. The molecule has 5 aromatic rings. The van der Waals surface area contributed by atoms with Gasteiger partial charge < -0.3 is 18.8 Å². The number of fused-ring (bicyclic) bond motifs is 1. The fourth-order valence-corrected chi connectivity index (χ4v) is 6.83. The van der Waals surface area contributed by atoms with Crippen molar-refractivity contribution in [2.75, 3.05) is 13.7 Å². The van der Waals surface area contributed by atoms with Gasteiger partial charge in [-0.05, 0) is 72.7 Å². The van der Waals surface area contributed by atoms with Crippen molar-refractivity contribution in [3.8, 4) is 11.1 Å². The van der Waals surface area contributed by atoms with Gasteiger partial charge in [0.15, 0.2) is 16.8 Å². The van der Waals surface area contributed by atoms with E-state index in [2.05, 4.69) is 15.2 Å². The number of aromatic nitrogens is 5. The Balaban J connectivity index is 1.32. The topological polar surface area (TPSA) is 95.1 Å². The predicted octanol–water partition coefficient (Wildman–Crippen LogP) is 7.13. The molecule has 2 aromatic heterocycles. The first-order chi connectivity index (χ1) is 24.0. The van der Waals surface area contributed by atoms with E-state index in [1.54, 1.807) is 26.1 Å². The number of amides is 1. The van der Waals surface area contributed by atoms with Gasteiger partial charge in [-0.3, -0.25) is 4.79 Å². The lowest BCUT2D eigenvalue weighted by Gasteiger charge is -2.19. The lowest BCUT2D eigenvalue weighted by Crippen LogP contribution is -2.29. The first kappa shape index (κ1) is 34.9. The van der Waals surface area contributed by atoms with Crippen molar-refractivity contribution in [2.45, 2.75) is 62.9 Å². The van der Waals surface area contributed by atoms with E-state index in [-0.39, 0.29) is 31.1 Å². The van der Waals surface area contributed by atoms with Crippen molar-refractivity contribution >= 4 is 17.9 Å². The van der Waals surface area contributed by atoms with Crippen molar-refractivity contribution in [1.29, 1.82) is 0 Å². The Morgan fingerprint density at radius 2 is 1.52 bits per heavy atom. The van der Waals surface area contributed by atoms with E-state index in [0.29, 0.717) is 53.1 Å². The second-order valence-electron chi connectivity index (χ2n) is 11.9. The maximum atomic E-state index is 13.5. The Kier molecular flexibility index (Phi) is 10.4. The van der Waals surface area contributed by atoms with Crippen LogP contribution in [0.2, 0.25) is 0 Å². The van der Waals surface area contributed by atoms with Crippen LogP contribution in [0.1, 0.15) is 52.9 Å². The summed E-state index contributed by atoms with van der Waals surface area (Å²) < 4.78 is 61.8. The maximum Gasteiger partial charge on any atom is 0.416 e. The van der Waals surface area contributed by atoms with Crippen LogP contribution in [0.4, 0.5) is 22.4 Å². The monoisotopic (exact) mass is 706 g/mol. The van der Waals surface area contributed by atoms with Gasteiger partial charge in [0.25, 0.3) is 5.56 Å². The molecule has 260 valence electrons. The lowest BCUT2D eigenvalue weighted by molar-refractivity contribution is -0.137. The Bertz CT molecular complexity index is 2030. The quantitative estimate of drug-likeness (QED) is 0.0820. The van der Waals surface area contributed by atoms with Gasteiger partial charge in [-0.2, -0.15) is 18.2 Å². The molecule has 6 rings (SSSR count). The van der Waals surface area contributed by atoms with Gasteiger partial charge in [-0.15, -0.1) is 10.2 Å². The first-order valence-corrected chi connectivity index (χ1v) is 17.0. The summed E-state index contributed by atoms with van der Waals surface area (Å²) >= 11 is 1.38. The SMILES string of the molecule is CCOC(=O)N(C)Cc1nnc(Cn2c(SCc3ccc(F)cc3)nc(=O)c3c2CCC3)n1Cc1ccc(-c2ccc(C(F)(F)F)cc2)cc1. The molecule has 9 nitrogen and oxygen atoms in total. The number of nitrogens with zero attached hydrogens (tertiary/aromatic N) is 6. The molecule has 50 heavy (non-hydrogen) atoms. The summed E-state index contributed by atoms with van der Waals surface area (Å²) in [6, 6.07) is 18.7. The molecule has 0 radical (unpaired) electrons. The van der Waals surface area contributed by atoms with Gasteiger partial charge in [0.2, 0.25) is 0 Å². The van der Waals surface area contributed by atoms with Crippen LogP contribution in [0.5, 0.6) is 0 Å². The molecule has 2 heterocycles. The van der Waals surface area contributed by atoms with E-state index in [9.17, 15) is 27.2 Å². The van der Waals surface area contributed by atoms with Crippen LogP contribution in [0.15, 0.2) is 82.7 Å². The summed E-state index contributed by atoms with van der Waals surface area (Å²) in [7, 11) is 1.61. The molecule has 1 aliphatic rings. The Labute approximate surface area is 289 Å². The predicted molar refractivity (Wildman–Crippen MR) is 180 cm³/mol. The summed E-state index contributed by atoms with van der Waals surface area (Å²) in [4.78, 5) is 31.4. The molecule has 0 aliphatic heterocycles. The van der Waals surface area contributed by atoms with Gasteiger partial charge in [-0.1, -0.05) is 60.3 Å². The van der Waals surface area contributed by atoms with E-state index in [4.69, 9.17) is 4.74 Å². The molecular formula is C36H34F4N6O3S. The van der Waals surface area contributed by atoms with E-state index in [1.165, 1.54) is 40.9 Å². The lowest BCUT2D eigenvalue weighted by atomic mass is 10.0. The third kappa shape index (κ3) is 7.91. The molecule has 0 atom stereocenters. The zero-order chi connectivity index (χ0) is 35.4. The van der Waals surface area contributed by atoms with Gasteiger partial charge in [0.05, 0.1) is 31.8 Å². The molecule has 3 aromatic carbocycles. The number of hydrogen-bond donors (Lipinski definition) is 0. The summed E-state index contributed by atoms with van der Waals surface area (Å²) in [6.45, 7) is 2.64. The number of benzene rings is 3. The summed E-state index contributed by atoms with van der Waals surface area (Å²) in [5.74, 6) is 1.23. The van der Waals surface area contributed by atoms with Gasteiger partial charge in [0, 0.05) is 24.1 Å². The smallest absolute Gasteiger partial charge is 0.416 e. The fourth-order valence-electron chi connectivity index (χ4n) is 5.87. The summed E-state index contributed by atoms with van der Waals surface area (Å²) in [5.41, 5.74) is 3.78. The van der Waals surface area contributed by atoms with Crippen molar-refractivity contribution in [3.05, 3.63) is 129 Å². The van der Waals surface area contributed by atoms with Crippen LogP contribution in [0.25, 0.3) is 11.1 Å². The summed E-state index contributed by atoms with van der Waals surface area (Å²) in [5, 5.41) is 9.52. The van der Waals surface area contributed by atoms with Crippen molar-refractivity contribution < 1.29 is 27.1 Å². The number of ether oxygens (including phenoxy) is 1. The van der Waals surface area contributed by atoms with Crippen molar-refractivity contribution in [3.63, 3.8) is 0 Å². The molecule has 0 saturated carbocycles. The Hall–Kier alpha value is -4.98. The number of halogens is 4. The van der Waals surface area contributed by atoms with Gasteiger partial charge in [-0.25, -0.2) is 9.18 Å². The number of thioether (sulfide) groups is 1. The van der Waals surface area contributed by atoms with Crippen LogP contribution in [-0.2, 0) is 49.1 Å². The zero-order valence-corrected chi connectivity index (χ0v) is 28.2. The van der Waals surface area contributed by atoms with Crippen LogP contribution in [0.3, 0.4) is 0 Å².